The van der Waals surface area contributed by atoms with Crippen LogP contribution in [0.15, 0.2) is 16.6 Å². The number of alkyl halides is 3. The van der Waals surface area contributed by atoms with Gasteiger partial charge in [0.05, 0.1) is 23.8 Å². The molecule has 0 aromatic heterocycles. The van der Waals surface area contributed by atoms with Gasteiger partial charge in [0, 0.05) is 4.47 Å². The molecule has 0 heterocycles. The summed E-state index contributed by atoms with van der Waals surface area (Å²) >= 11 is 2.71. The molecular weight excluding hydrogens is 303 g/mol. The van der Waals surface area contributed by atoms with Gasteiger partial charge in [0.25, 0.3) is 0 Å². The van der Waals surface area contributed by atoms with E-state index in [0.29, 0.717) is 6.07 Å². The van der Waals surface area contributed by atoms with E-state index in [4.69, 9.17) is 5.26 Å². The topological polar surface area (TPSA) is 50.1 Å². The predicted octanol–water partition coefficient (Wildman–Crippen LogP) is 3.13. The molecule has 0 aliphatic heterocycles. The highest BCUT2D eigenvalue weighted by atomic mass is 79.9. The summed E-state index contributed by atoms with van der Waals surface area (Å²) in [4.78, 5) is 11.2. The van der Waals surface area contributed by atoms with Crippen LogP contribution in [0.5, 0.6) is 0 Å². The van der Waals surface area contributed by atoms with E-state index >= 15 is 0 Å². The summed E-state index contributed by atoms with van der Waals surface area (Å²) in [6.07, 6.45) is -4.60. The molecule has 7 heteroatoms. The molecule has 0 bridgehead atoms. The minimum atomic E-state index is -4.60. The highest BCUT2D eigenvalue weighted by Crippen LogP contribution is 2.36. The molecule has 0 unspecified atom stereocenters. The summed E-state index contributed by atoms with van der Waals surface area (Å²) in [5.74, 6) is -0.865. The van der Waals surface area contributed by atoms with Crippen LogP contribution in [-0.2, 0) is 10.9 Å². The number of methoxy groups -OCH3 is 1. The number of halogens is 4. The molecule has 0 aliphatic carbocycles. The van der Waals surface area contributed by atoms with Gasteiger partial charge in [-0.3, -0.25) is 0 Å². The Hall–Kier alpha value is -1.55. The Morgan fingerprint density at radius 3 is 2.47 bits per heavy atom. The van der Waals surface area contributed by atoms with Crippen molar-refractivity contribution in [3.63, 3.8) is 0 Å². The third kappa shape index (κ3) is 2.77. The Morgan fingerprint density at radius 2 is 2.06 bits per heavy atom. The molecule has 1 aromatic rings. The minimum Gasteiger partial charge on any atom is -0.465 e. The summed E-state index contributed by atoms with van der Waals surface area (Å²) in [6, 6.07) is 3.06. The van der Waals surface area contributed by atoms with Crippen molar-refractivity contribution in [3.8, 4) is 6.07 Å². The van der Waals surface area contributed by atoms with Crippen molar-refractivity contribution < 1.29 is 22.7 Å². The van der Waals surface area contributed by atoms with Gasteiger partial charge in [-0.1, -0.05) is 15.9 Å². The molecule has 0 fully saturated rings. The maximum atomic E-state index is 12.5. The van der Waals surface area contributed by atoms with Gasteiger partial charge in [-0.15, -0.1) is 0 Å². The predicted molar refractivity (Wildman–Crippen MR) is 55.2 cm³/mol. The van der Waals surface area contributed by atoms with Crippen LogP contribution in [0.2, 0.25) is 0 Å². The van der Waals surface area contributed by atoms with Crippen LogP contribution in [0.1, 0.15) is 21.5 Å². The van der Waals surface area contributed by atoms with E-state index in [2.05, 4.69) is 20.7 Å². The Bertz CT molecular complexity index is 505. The van der Waals surface area contributed by atoms with Crippen molar-refractivity contribution in [1.29, 1.82) is 5.26 Å². The maximum Gasteiger partial charge on any atom is 0.417 e. The van der Waals surface area contributed by atoms with E-state index in [1.54, 1.807) is 0 Å². The van der Waals surface area contributed by atoms with Gasteiger partial charge in [0.15, 0.2) is 0 Å². The van der Waals surface area contributed by atoms with Crippen molar-refractivity contribution in [2.45, 2.75) is 6.18 Å². The second-order valence-electron chi connectivity index (χ2n) is 2.98. The third-order valence-electron chi connectivity index (χ3n) is 1.94. The smallest absolute Gasteiger partial charge is 0.417 e. The largest absolute Gasteiger partial charge is 0.465 e. The first-order valence-electron chi connectivity index (χ1n) is 4.20. The molecule has 0 atom stereocenters. The quantitative estimate of drug-likeness (QED) is 0.749. The van der Waals surface area contributed by atoms with Gasteiger partial charge in [-0.2, -0.15) is 18.4 Å². The van der Waals surface area contributed by atoms with E-state index < -0.39 is 17.7 Å². The Balaban J connectivity index is 3.47. The Kier molecular flexibility index (Phi) is 3.78. The van der Waals surface area contributed by atoms with Crippen molar-refractivity contribution >= 4 is 21.9 Å². The number of rotatable bonds is 1. The Labute approximate surface area is 103 Å². The second kappa shape index (κ2) is 4.75. The molecule has 0 N–H and O–H groups in total. The lowest BCUT2D eigenvalue weighted by atomic mass is 10.0. The minimum absolute atomic E-state index is 0.213. The van der Waals surface area contributed by atoms with Crippen LogP contribution in [0.3, 0.4) is 0 Å². The summed E-state index contributed by atoms with van der Waals surface area (Å²) in [5.41, 5.74) is -1.61. The molecule has 1 aromatic carbocycles. The van der Waals surface area contributed by atoms with E-state index in [-0.39, 0.29) is 15.6 Å². The number of esters is 1. The van der Waals surface area contributed by atoms with Crippen LogP contribution in [-0.4, -0.2) is 13.1 Å². The van der Waals surface area contributed by atoms with Gasteiger partial charge in [0.2, 0.25) is 0 Å². The lowest BCUT2D eigenvalue weighted by Crippen LogP contribution is -2.10. The molecule has 0 spiro atoms. The van der Waals surface area contributed by atoms with Gasteiger partial charge in [-0.05, 0) is 12.1 Å². The third-order valence-corrected chi connectivity index (χ3v) is 2.59. The first-order chi connectivity index (χ1) is 7.81. The van der Waals surface area contributed by atoms with Crippen molar-refractivity contribution in [3.05, 3.63) is 33.3 Å². The van der Waals surface area contributed by atoms with Gasteiger partial charge in [-0.25, -0.2) is 4.79 Å². The highest BCUT2D eigenvalue weighted by molar-refractivity contribution is 9.10. The molecular formula is C10H5BrF3NO2. The molecule has 90 valence electrons. The van der Waals surface area contributed by atoms with E-state index in [1.807, 2.05) is 0 Å². The van der Waals surface area contributed by atoms with Crippen LogP contribution < -0.4 is 0 Å². The molecule has 1 rings (SSSR count). The number of hydrogen-bond donors (Lipinski definition) is 0. The zero-order chi connectivity index (χ0) is 13.2. The summed E-state index contributed by atoms with van der Waals surface area (Å²) < 4.78 is 41.6. The van der Waals surface area contributed by atoms with Crippen LogP contribution in [0, 0.1) is 11.3 Å². The van der Waals surface area contributed by atoms with Gasteiger partial charge >= 0.3 is 12.1 Å². The van der Waals surface area contributed by atoms with Crippen molar-refractivity contribution in [2.75, 3.05) is 7.11 Å². The first kappa shape index (κ1) is 13.5. The monoisotopic (exact) mass is 307 g/mol. The first-order valence-corrected chi connectivity index (χ1v) is 4.99. The van der Waals surface area contributed by atoms with Crippen LogP contribution in [0.25, 0.3) is 0 Å². The zero-order valence-electron chi connectivity index (χ0n) is 8.43. The van der Waals surface area contributed by atoms with E-state index in [0.717, 1.165) is 13.2 Å². The maximum absolute atomic E-state index is 12.5. The van der Waals surface area contributed by atoms with Crippen LogP contribution >= 0.6 is 15.9 Å². The number of hydrogen-bond acceptors (Lipinski definition) is 3. The normalized spacial score (nSPS) is 10.8. The van der Waals surface area contributed by atoms with Crippen LogP contribution in [0.4, 0.5) is 13.2 Å². The number of nitriles is 1. The fourth-order valence-corrected chi connectivity index (χ4v) is 1.73. The van der Waals surface area contributed by atoms with Gasteiger partial charge < -0.3 is 4.74 Å². The average Bonchev–Trinajstić information content (AvgIpc) is 2.26. The summed E-state index contributed by atoms with van der Waals surface area (Å²) in [7, 11) is 1.08. The average molecular weight is 308 g/mol. The summed E-state index contributed by atoms with van der Waals surface area (Å²) in [5, 5.41) is 8.70. The van der Waals surface area contributed by atoms with Gasteiger partial charge in [0.1, 0.15) is 6.07 Å². The highest BCUT2D eigenvalue weighted by Gasteiger charge is 2.34. The summed E-state index contributed by atoms with van der Waals surface area (Å²) in [6.45, 7) is 0. The van der Waals surface area contributed by atoms with E-state index in [1.165, 1.54) is 6.07 Å². The molecule has 0 radical (unpaired) electrons. The number of benzene rings is 1. The number of carbonyl (C=O) groups is 1. The second-order valence-corrected chi connectivity index (χ2v) is 3.83. The van der Waals surface area contributed by atoms with E-state index in [9.17, 15) is 18.0 Å². The fraction of sp³-hybridized carbons (Fsp3) is 0.200. The lowest BCUT2D eigenvalue weighted by Gasteiger charge is -2.11. The van der Waals surface area contributed by atoms with Crippen molar-refractivity contribution in [2.24, 2.45) is 0 Å². The Morgan fingerprint density at radius 1 is 1.47 bits per heavy atom. The molecule has 0 saturated carbocycles. The zero-order valence-corrected chi connectivity index (χ0v) is 10.0. The SMILES string of the molecule is COC(=O)c1cc(Br)c(C(F)(F)F)cc1C#N. The molecule has 3 nitrogen and oxygen atoms in total. The number of carbonyl (C=O) groups excluding carboxylic acids is 1. The van der Waals surface area contributed by atoms with Crippen molar-refractivity contribution in [1.82, 2.24) is 0 Å². The lowest BCUT2D eigenvalue weighted by molar-refractivity contribution is -0.138. The fourth-order valence-electron chi connectivity index (χ4n) is 1.16. The standard InChI is InChI=1S/C10H5BrF3NO2/c1-17-9(16)6-3-8(11)7(10(12,13)14)2-5(6)4-15/h2-3H,1H3. The molecule has 17 heavy (non-hydrogen) atoms. The molecule has 0 aliphatic rings. The molecule has 0 saturated heterocycles. The number of ether oxygens (including phenoxy) is 1. The number of nitrogens with zero attached hydrogens (tertiary/aromatic N) is 1. The molecule has 0 amide bonds.